The van der Waals surface area contributed by atoms with Crippen molar-refractivity contribution in [1.29, 1.82) is 0 Å². The van der Waals surface area contributed by atoms with E-state index < -0.39 is 0 Å². The van der Waals surface area contributed by atoms with Crippen LogP contribution in [0.3, 0.4) is 0 Å². The molecule has 0 unspecified atom stereocenters. The molecule has 9 heteroatoms. The first kappa shape index (κ1) is 18.5. The van der Waals surface area contributed by atoms with Crippen LogP contribution in [0.2, 0.25) is 0 Å². The second-order valence-electron chi connectivity index (χ2n) is 7.51. The largest absolute Gasteiger partial charge is 0.493 e. The van der Waals surface area contributed by atoms with Gasteiger partial charge < -0.3 is 23.5 Å². The molecular formula is C23H17N3O6. The lowest BCUT2D eigenvalue weighted by molar-refractivity contribution is 0.104. The van der Waals surface area contributed by atoms with Crippen LogP contribution in [0.15, 0.2) is 47.8 Å². The average Bonchev–Trinajstić information content (AvgIpc) is 3.54. The van der Waals surface area contributed by atoms with Gasteiger partial charge in [-0.3, -0.25) is 14.2 Å². The van der Waals surface area contributed by atoms with E-state index in [0.717, 1.165) is 0 Å². The van der Waals surface area contributed by atoms with Gasteiger partial charge in [-0.15, -0.1) is 0 Å². The number of rotatable bonds is 4. The summed E-state index contributed by atoms with van der Waals surface area (Å²) >= 11 is 0. The summed E-state index contributed by atoms with van der Waals surface area (Å²) in [6.07, 6.45) is 5.02. The second-order valence-corrected chi connectivity index (χ2v) is 7.51. The summed E-state index contributed by atoms with van der Waals surface area (Å²) in [6, 6.07) is 6.74. The lowest BCUT2D eigenvalue weighted by Gasteiger charge is -2.17. The highest BCUT2D eigenvalue weighted by Gasteiger charge is 2.35. The number of pyridine rings is 1. The molecule has 9 nitrogen and oxygen atoms in total. The van der Waals surface area contributed by atoms with Gasteiger partial charge in [-0.05, 0) is 24.3 Å². The summed E-state index contributed by atoms with van der Waals surface area (Å²) in [5, 5.41) is 0.871. The van der Waals surface area contributed by atoms with Gasteiger partial charge in [-0.1, -0.05) is 0 Å². The van der Waals surface area contributed by atoms with E-state index in [-0.39, 0.29) is 24.8 Å². The van der Waals surface area contributed by atoms with Crippen molar-refractivity contribution in [2.75, 3.05) is 21.0 Å². The van der Waals surface area contributed by atoms with Crippen molar-refractivity contribution in [3.8, 4) is 34.3 Å². The van der Waals surface area contributed by atoms with Crippen LogP contribution < -0.4 is 24.5 Å². The van der Waals surface area contributed by atoms with Crippen molar-refractivity contribution in [3.05, 3.63) is 64.5 Å². The minimum Gasteiger partial charge on any atom is -0.493 e. The Kier molecular flexibility index (Phi) is 3.82. The predicted molar refractivity (Wildman–Crippen MR) is 114 cm³/mol. The topological polar surface area (TPSA) is 93.8 Å². The highest BCUT2D eigenvalue weighted by atomic mass is 16.7. The zero-order chi connectivity index (χ0) is 22.0. The molecule has 0 atom stereocenters. The number of ketones is 1. The van der Waals surface area contributed by atoms with Crippen molar-refractivity contribution in [2.24, 2.45) is 0 Å². The Morgan fingerprint density at radius 1 is 0.969 bits per heavy atom. The summed E-state index contributed by atoms with van der Waals surface area (Å²) in [7, 11) is 3.02. The summed E-state index contributed by atoms with van der Waals surface area (Å²) < 4.78 is 25.2. The van der Waals surface area contributed by atoms with Gasteiger partial charge in [0, 0.05) is 28.9 Å². The van der Waals surface area contributed by atoms with Crippen LogP contribution in [-0.4, -0.2) is 40.9 Å². The number of fused-ring (bicyclic) bond motifs is 6. The number of carbonyl (C=O) groups is 1. The molecule has 0 saturated carbocycles. The van der Waals surface area contributed by atoms with Crippen molar-refractivity contribution in [2.45, 2.75) is 6.67 Å². The molecule has 0 fully saturated rings. The van der Waals surface area contributed by atoms with Crippen LogP contribution in [-0.2, 0) is 6.67 Å². The number of aromatic nitrogens is 3. The zero-order valence-electron chi connectivity index (χ0n) is 17.2. The molecular weight excluding hydrogens is 414 g/mol. The van der Waals surface area contributed by atoms with Crippen molar-refractivity contribution in [3.63, 3.8) is 0 Å². The molecule has 0 spiro atoms. The zero-order valence-corrected chi connectivity index (χ0v) is 17.2. The fourth-order valence-corrected chi connectivity index (χ4v) is 4.41. The number of hydrogen-bond acceptors (Lipinski definition) is 7. The molecule has 1 aliphatic carbocycles. The summed E-state index contributed by atoms with van der Waals surface area (Å²) in [5.74, 6) is 1.71. The number of nitrogens with zero attached hydrogens (tertiary/aromatic N) is 3. The van der Waals surface area contributed by atoms with Crippen LogP contribution in [0.5, 0.6) is 23.0 Å². The van der Waals surface area contributed by atoms with Gasteiger partial charge >= 0.3 is 0 Å². The number of imidazole rings is 1. The van der Waals surface area contributed by atoms with Gasteiger partial charge in [0.15, 0.2) is 28.8 Å². The standard InChI is InChI=1S/C23H17N3O6/c1-29-16-5-12-15(8-17(16)30-2)23(28)26(10-25-4-3-24-9-25)21-13-6-18-19(32-11-31-18)7-14(13)22(27)20(12)21/h3-9H,10-11H2,1-2H3. The molecule has 0 saturated heterocycles. The van der Waals surface area contributed by atoms with Crippen molar-refractivity contribution < 1.29 is 23.7 Å². The molecule has 32 heavy (non-hydrogen) atoms. The lowest BCUT2D eigenvalue weighted by atomic mass is 10.0. The van der Waals surface area contributed by atoms with Crippen LogP contribution in [0, 0.1) is 0 Å². The van der Waals surface area contributed by atoms with Crippen LogP contribution >= 0.6 is 0 Å². The second kappa shape index (κ2) is 6.61. The number of methoxy groups -OCH3 is 2. The summed E-state index contributed by atoms with van der Waals surface area (Å²) in [5.41, 5.74) is 1.79. The Hall–Kier alpha value is -4.27. The minimum absolute atomic E-state index is 0.0931. The molecule has 2 aromatic carbocycles. The summed E-state index contributed by atoms with van der Waals surface area (Å²) in [4.78, 5) is 31.4. The molecule has 2 aromatic heterocycles. The third-order valence-corrected chi connectivity index (χ3v) is 5.88. The van der Waals surface area contributed by atoms with Gasteiger partial charge in [0.2, 0.25) is 6.79 Å². The molecule has 2 aliphatic rings. The molecule has 0 amide bonds. The third-order valence-electron chi connectivity index (χ3n) is 5.88. The van der Waals surface area contributed by atoms with Crippen molar-refractivity contribution in [1.82, 2.24) is 14.1 Å². The Bertz CT molecular complexity index is 1490. The molecule has 0 radical (unpaired) electrons. The fourth-order valence-electron chi connectivity index (χ4n) is 4.41. The molecule has 1 aliphatic heterocycles. The minimum atomic E-state index is -0.258. The number of hydrogen-bond donors (Lipinski definition) is 0. The first-order valence-electron chi connectivity index (χ1n) is 9.87. The monoisotopic (exact) mass is 431 g/mol. The average molecular weight is 431 g/mol. The quantitative estimate of drug-likeness (QED) is 0.432. The predicted octanol–water partition coefficient (Wildman–Crippen LogP) is 2.66. The smallest absolute Gasteiger partial charge is 0.260 e. The van der Waals surface area contributed by atoms with E-state index in [0.29, 0.717) is 56.2 Å². The maximum absolute atomic E-state index is 13.7. The molecule has 6 rings (SSSR count). The van der Waals surface area contributed by atoms with E-state index in [1.54, 1.807) is 52.1 Å². The first-order chi connectivity index (χ1) is 15.6. The van der Waals surface area contributed by atoms with Gasteiger partial charge in [0.1, 0.15) is 6.67 Å². The Morgan fingerprint density at radius 3 is 2.31 bits per heavy atom. The molecule has 4 aromatic rings. The normalized spacial score (nSPS) is 13.4. The maximum Gasteiger partial charge on any atom is 0.260 e. The number of benzene rings is 2. The van der Waals surface area contributed by atoms with Gasteiger partial charge in [-0.25, -0.2) is 4.98 Å². The van der Waals surface area contributed by atoms with Crippen LogP contribution in [0.4, 0.5) is 0 Å². The van der Waals surface area contributed by atoms with E-state index in [1.165, 1.54) is 14.2 Å². The Morgan fingerprint density at radius 2 is 1.66 bits per heavy atom. The van der Waals surface area contributed by atoms with E-state index in [4.69, 9.17) is 18.9 Å². The van der Waals surface area contributed by atoms with Crippen LogP contribution in [0.1, 0.15) is 15.9 Å². The maximum atomic E-state index is 13.7. The SMILES string of the molecule is COc1cc2c3c(n(Cn4ccnc4)c(=O)c2cc1OC)-c1cc2c(cc1C3=O)OCO2. The molecule has 0 bridgehead atoms. The first-order valence-corrected chi connectivity index (χ1v) is 9.87. The third kappa shape index (κ3) is 2.41. The highest BCUT2D eigenvalue weighted by molar-refractivity contribution is 6.27. The fraction of sp³-hybridized carbons (Fsp3) is 0.174. The number of ether oxygens (including phenoxy) is 4. The number of carbonyl (C=O) groups excluding carboxylic acids is 1. The Balaban J connectivity index is 1.73. The molecule has 3 heterocycles. The van der Waals surface area contributed by atoms with E-state index in [9.17, 15) is 9.59 Å². The van der Waals surface area contributed by atoms with Gasteiger partial charge in [-0.2, -0.15) is 0 Å². The molecule has 0 N–H and O–H groups in total. The van der Waals surface area contributed by atoms with E-state index >= 15 is 0 Å². The Labute approximate surface area is 181 Å². The van der Waals surface area contributed by atoms with Crippen LogP contribution in [0.25, 0.3) is 22.0 Å². The lowest BCUT2D eigenvalue weighted by Crippen LogP contribution is -2.26. The van der Waals surface area contributed by atoms with Gasteiger partial charge in [0.25, 0.3) is 5.56 Å². The van der Waals surface area contributed by atoms with Crippen molar-refractivity contribution >= 4 is 16.6 Å². The summed E-state index contributed by atoms with van der Waals surface area (Å²) in [6.45, 7) is 0.280. The highest BCUT2D eigenvalue weighted by Crippen LogP contribution is 2.46. The molecule has 160 valence electrons. The van der Waals surface area contributed by atoms with E-state index in [1.807, 2.05) is 0 Å². The van der Waals surface area contributed by atoms with E-state index in [2.05, 4.69) is 4.98 Å². The van der Waals surface area contributed by atoms with Gasteiger partial charge in [0.05, 0.1) is 37.2 Å².